The van der Waals surface area contributed by atoms with Crippen LogP contribution in [0.5, 0.6) is 0 Å². The molecule has 224 valence electrons. The Morgan fingerprint density at radius 3 is 1.43 bits per heavy atom. The maximum Gasteiger partial charge on any atom is 1.00 e. The summed E-state index contributed by atoms with van der Waals surface area (Å²) >= 11 is 0. The molecule has 0 spiro atoms. The number of nitrogens with zero attached hydrogens (tertiary/aromatic N) is 6. The Hall–Kier alpha value is -2.96. The number of aliphatic carboxylic acids is 1. The second-order valence-corrected chi connectivity index (χ2v) is 10.1. The second kappa shape index (κ2) is 20.8. The van der Waals surface area contributed by atoms with Gasteiger partial charge in [0, 0.05) is 70.3 Å². The van der Waals surface area contributed by atoms with Crippen molar-refractivity contribution in [3.8, 4) is 0 Å². The predicted octanol–water partition coefficient (Wildman–Crippen LogP) is -0.833. The van der Waals surface area contributed by atoms with Gasteiger partial charge in [-0.15, -0.1) is 0 Å². The fourth-order valence-corrected chi connectivity index (χ4v) is 4.14. The smallest absolute Gasteiger partial charge is 0.549 e. The van der Waals surface area contributed by atoms with Crippen LogP contribution in [0.25, 0.3) is 0 Å². The fourth-order valence-electron chi connectivity index (χ4n) is 4.14. The van der Waals surface area contributed by atoms with E-state index in [-0.39, 0.29) is 42.1 Å². The number of carbonyl (C=O) groups excluding carboxylic acids is 2. The van der Waals surface area contributed by atoms with E-state index in [1.54, 1.807) is 27.7 Å². The molecule has 42 heavy (non-hydrogen) atoms. The van der Waals surface area contributed by atoms with Crippen LogP contribution < -0.4 is 44.5 Å². The Bertz CT molecular complexity index is 1100. The molecule has 2 aromatic carbocycles. The van der Waals surface area contributed by atoms with E-state index in [9.17, 15) is 14.7 Å². The minimum Gasteiger partial charge on any atom is -0.549 e. The zero-order valence-corrected chi connectivity index (χ0v) is 27.6. The monoisotopic (exact) mass is 590 g/mol. The maximum atomic E-state index is 11.6. The molecule has 0 amide bonds. The average Bonchev–Trinajstić information content (AvgIpc) is 2.98. The summed E-state index contributed by atoms with van der Waals surface area (Å²) in [4.78, 5) is 35.5. The third-order valence-corrected chi connectivity index (χ3v) is 6.22. The summed E-state index contributed by atoms with van der Waals surface area (Å²) < 4.78 is 0. The van der Waals surface area contributed by atoms with Gasteiger partial charge in [0.1, 0.15) is 0 Å². The second-order valence-electron chi connectivity index (χ2n) is 10.1. The molecule has 2 aliphatic rings. The van der Waals surface area contributed by atoms with Crippen molar-refractivity contribution in [3.63, 3.8) is 0 Å². The molecule has 2 heterocycles. The topological polar surface area (TPSA) is 124 Å². The number of carboxylic acid groups (broad SMARTS) is 1. The molecule has 1 N–H and O–H groups in total. The normalized spacial score (nSPS) is 15.0. The van der Waals surface area contributed by atoms with Crippen LogP contribution in [-0.2, 0) is 14.4 Å². The molecule has 2 fully saturated rings. The molecule has 0 aliphatic carbocycles. The van der Waals surface area contributed by atoms with Gasteiger partial charge in [-0.1, -0.05) is 46.7 Å². The van der Waals surface area contributed by atoms with Gasteiger partial charge in [-0.05, 0) is 52.0 Å². The Labute approximate surface area is 271 Å². The predicted molar refractivity (Wildman–Crippen MR) is 161 cm³/mol. The van der Waals surface area contributed by atoms with Gasteiger partial charge in [0.15, 0.2) is 0 Å². The Balaban J connectivity index is 0.000000360. The van der Waals surface area contributed by atoms with E-state index in [1.165, 1.54) is 11.4 Å². The molecule has 2 aromatic rings. The summed E-state index contributed by atoms with van der Waals surface area (Å²) in [6, 6.07) is 20.5. The molecule has 0 aromatic heterocycles. The summed E-state index contributed by atoms with van der Waals surface area (Å²) in [5.74, 6) is -1.28. The van der Waals surface area contributed by atoms with Crippen molar-refractivity contribution < 1.29 is 54.3 Å². The van der Waals surface area contributed by atoms with Crippen molar-refractivity contribution in [2.24, 2.45) is 10.3 Å². The van der Waals surface area contributed by atoms with Crippen molar-refractivity contribution >= 4 is 34.7 Å². The number of rotatable bonds is 7. The van der Waals surface area contributed by atoms with Crippen LogP contribution in [-0.4, -0.2) is 104 Å². The van der Waals surface area contributed by atoms with Gasteiger partial charge in [0.2, 0.25) is 0 Å². The van der Waals surface area contributed by atoms with Crippen molar-refractivity contribution in [3.05, 3.63) is 60.7 Å². The van der Waals surface area contributed by atoms with Crippen LogP contribution in [0.2, 0.25) is 0 Å². The van der Waals surface area contributed by atoms with Gasteiger partial charge in [0.25, 0.3) is 0 Å². The van der Waals surface area contributed by atoms with Crippen LogP contribution >= 0.6 is 0 Å². The van der Waals surface area contributed by atoms with Crippen molar-refractivity contribution in [1.29, 1.82) is 0 Å². The molecule has 0 bridgehead atoms. The number of para-hydroxylation sites is 2. The van der Waals surface area contributed by atoms with Gasteiger partial charge in [-0.3, -0.25) is 9.80 Å². The first-order chi connectivity index (χ1) is 19.7. The summed E-state index contributed by atoms with van der Waals surface area (Å²) in [7, 11) is 0. The summed E-state index contributed by atoms with van der Waals surface area (Å²) in [5.41, 5.74) is 3.87. The van der Waals surface area contributed by atoms with Crippen LogP contribution in [0.4, 0.5) is 11.4 Å². The first-order valence-corrected chi connectivity index (χ1v) is 13.8. The standard InChI is InChI=1S/C15H21N3O2.C12H16N2O2.C3H7NO.Na/c1-13(2)16-20-15(19)12-17-8-10-18(11-9-17)14-6-4-3-5-7-14;15-12(16)10-13-6-8-14(9-7-13)11-4-2-1-3-5-11;1-3(2)4-5;/h3-7H,8-12H2,1-2H3;1-5H,6-10H2,(H,15,16);5H,1-2H3;/q;;;+1/p-1. The van der Waals surface area contributed by atoms with Gasteiger partial charge >= 0.3 is 35.5 Å². The van der Waals surface area contributed by atoms with Gasteiger partial charge in [-0.2, -0.15) is 0 Å². The Morgan fingerprint density at radius 1 is 0.714 bits per heavy atom. The Kier molecular flexibility index (Phi) is 18.4. The SMILES string of the molecule is CC(C)=NO.CC(C)=NOC(=O)CN1CCN(c2ccccc2)CC1.O=C([O-])CN1CCN(c2ccccc2)CC1.[Na+]. The number of hydrogen-bond acceptors (Lipinski definition) is 11. The number of carboxylic acids is 1. The number of benzene rings is 2. The summed E-state index contributed by atoms with van der Waals surface area (Å²) in [6.07, 6.45) is 0. The number of carbonyl (C=O) groups is 2. The molecule has 0 radical (unpaired) electrons. The first-order valence-electron chi connectivity index (χ1n) is 13.8. The van der Waals surface area contributed by atoms with Gasteiger partial charge in [0.05, 0.1) is 23.9 Å². The molecule has 0 saturated carbocycles. The van der Waals surface area contributed by atoms with E-state index in [2.05, 4.69) is 49.3 Å². The maximum absolute atomic E-state index is 11.6. The zero-order valence-electron chi connectivity index (χ0n) is 25.6. The largest absolute Gasteiger partial charge is 1.00 e. The summed E-state index contributed by atoms with van der Waals surface area (Å²) in [6.45, 7) is 14.3. The summed E-state index contributed by atoms with van der Waals surface area (Å²) in [5, 5.41) is 24.7. The van der Waals surface area contributed by atoms with Crippen molar-refractivity contribution in [1.82, 2.24) is 9.80 Å². The molecule has 2 saturated heterocycles. The van der Waals surface area contributed by atoms with Crippen molar-refractivity contribution in [2.75, 3.05) is 75.2 Å². The average molecular weight is 591 g/mol. The Morgan fingerprint density at radius 2 is 1.10 bits per heavy atom. The number of anilines is 2. The van der Waals surface area contributed by atoms with E-state index in [0.717, 1.165) is 58.1 Å². The van der Waals surface area contributed by atoms with Gasteiger partial charge < -0.3 is 29.7 Å². The fraction of sp³-hybridized carbons (Fsp3) is 0.467. The third-order valence-electron chi connectivity index (χ3n) is 6.22. The number of hydrogen-bond donors (Lipinski definition) is 1. The first kappa shape index (κ1) is 37.1. The molecule has 4 rings (SSSR count). The zero-order chi connectivity index (χ0) is 30.0. The van der Waals surface area contributed by atoms with Crippen LogP contribution in [0.1, 0.15) is 27.7 Å². The van der Waals surface area contributed by atoms with E-state index >= 15 is 0 Å². The molecular weight excluding hydrogens is 547 g/mol. The third kappa shape index (κ3) is 15.3. The molecular formula is C30H43N6NaO5. The van der Waals surface area contributed by atoms with E-state index in [0.29, 0.717) is 12.3 Å². The van der Waals surface area contributed by atoms with E-state index in [1.807, 2.05) is 41.3 Å². The molecule has 0 unspecified atom stereocenters. The molecule has 0 atom stereocenters. The molecule has 2 aliphatic heterocycles. The molecule has 12 heteroatoms. The van der Waals surface area contributed by atoms with Crippen LogP contribution in [0.3, 0.4) is 0 Å². The number of piperazine rings is 2. The van der Waals surface area contributed by atoms with E-state index in [4.69, 9.17) is 10.0 Å². The quantitative estimate of drug-likeness (QED) is 0.145. The number of oxime groups is 2. The minimum absolute atomic E-state index is 0. The van der Waals surface area contributed by atoms with Gasteiger partial charge in [-0.25, -0.2) is 4.79 Å². The van der Waals surface area contributed by atoms with E-state index < -0.39 is 5.97 Å². The van der Waals surface area contributed by atoms with Crippen LogP contribution in [0.15, 0.2) is 71.0 Å². The molecule has 11 nitrogen and oxygen atoms in total. The van der Waals surface area contributed by atoms with Crippen molar-refractivity contribution in [2.45, 2.75) is 27.7 Å². The minimum atomic E-state index is -0.992. The van der Waals surface area contributed by atoms with Crippen LogP contribution in [0, 0.1) is 0 Å².